The number of esters is 1. The van der Waals surface area contributed by atoms with Crippen LogP contribution in [0.15, 0.2) is 24.3 Å². The first-order valence-corrected chi connectivity index (χ1v) is 12.2. The molecule has 0 saturated heterocycles. The standard InChI is InChI=1S/C25H36N6O5/c1-5-7-14-36-24-28-22(26)21-23(29-24)31(25(27-21)33-4)16-18-9-11-19(12-10-18)35-15-8-13-30(3)17-20(32)34-6-2/h9-12H,5-8,13-17H2,1-4H3,(H2,26,28,29). The number of carbonyl (C=O) groups is 1. The molecule has 0 amide bonds. The molecule has 3 rings (SSSR count). The highest BCUT2D eigenvalue weighted by molar-refractivity contribution is 5.83. The molecule has 2 aromatic heterocycles. The summed E-state index contributed by atoms with van der Waals surface area (Å²) in [5, 5.41) is 0. The fourth-order valence-electron chi connectivity index (χ4n) is 3.56. The maximum Gasteiger partial charge on any atom is 0.320 e. The number of ether oxygens (including phenoxy) is 4. The number of unbranched alkanes of at least 4 members (excludes halogenated alkanes) is 1. The van der Waals surface area contributed by atoms with Crippen LogP contribution in [-0.2, 0) is 16.1 Å². The van der Waals surface area contributed by atoms with Gasteiger partial charge in [0, 0.05) is 6.54 Å². The highest BCUT2D eigenvalue weighted by Crippen LogP contribution is 2.27. The number of rotatable bonds is 15. The van der Waals surface area contributed by atoms with Crippen molar-refractivity contribution in [3.63, 3.8) is 0 Å². The van der Waals surface area contributed by atoms with E-state index in [1.165, 1.54) is 0 Å². The lowest BCUT2D eigenvalue weighted by Gasteiger charge is -2.15. The normalized spacial score (nSPS) is 11.1. The average molecular weight is 501 g/mol. The Bertz CT molecular complexity index is 1120. The minimum Gasteiger partial charge on any atom is -0.494 e. The van der Waals surface area contributed by atoms with E-state index in [-0.39, 0.29) is 24.3 Å². The first-order chi connectivity index (χ1) is 17.4. The number of nitrogen functional groups attached to an aromatic ring is 1. The van der Waals surface area contributed by atoms with Crippen molar-refractivity contribution >= 4 is 23.0 Å². The summed E-state index contributed by atoms with van der Waals surface area (Å²) in [5.41, 5.74) is 8.16. The topological polar surface area (TPSA) is 127 Å². The Morgan fingerprint density at radius 3 is 2.50 bits per heavy atom. The van der Waals surface area contributed by atoms with Gasteiger partial charge in [0.2, 0.25) is 0 Å². The molecule has 2 heterocycles. The van der Waals surface area contributed by atoms with Gasteiger partial charge in [0.25, 0.3) is 6.01 Å². The zero-order valence-corrected chi connectivity index (χ0v) is 21.5. The van der Waals surface area contributed by atoms with Crippen LogP contribution in [0, 0.1) is 0 Å². The molecule has 196 valence electrons. The quantitative estimate of drug-likeness (QED) is 0.246. The van der Waals surface area contributed by atoms with E-state index in [0.29, 0.717) is 43.5 Å². The van der Waals surface area contributed by atoms with Gasteiger partial charge in [-0.3, -0.25) is 14.3 Å². The van der Waals surface area contributed by atoms with Gasteiger partial charge >= 0.3 is 12.0 Å². The van der Waals surface area contributed by atoms with Crippen LogP contribution < -0.4 is 19.9 Å². The molecule has 36 heavy (non-hydrogen) atoms. The Balaban J connectivity index is 1.60. The Morgan fingerprint density at radius 1 is 1.06 bits per heavy atom. The van der Waals surface area contributed by atoms with Crippen LogP contribution in [0.3, 0.4) is 0 Å². The number of hydrogen-bond acceptors (Lipinski definition) is 10. The number of anilines is 1. The molecule has 0 aliphatic heterocycles. The summed E-state index contributed by atoms with van der Waals surface area (Å²) in [6, 6.07) is 8.43. The minimum absolute atomic E-state index is 0.215. The van der Waals surface area contributed by atoms with Gasteiger partial charge in [0.1, 0.15) is 5.75 Å². The molecule has 0 fully saturated rings. The number of carbonyl (C=O) groups excluding carboxylic acids is 1. The molecular formula is C25H36N6O5. The summed E-state index contributed by atoms with van der Waals surface area (Å²) in [6.07, 6.45) is 2.71. The van der Waals surface area contributed by atoms with Crippen molar-refractivity contribution in [3.05, 3.63) is 29.8 Å². The minimum atomic E-state index is -0.215. The van der Waals surface area contributed by atoms with Crippen molar-refractivity contribution in [1.82, 2.24) is 24.4 Å². The molecule has 2 N–H and O–H groups in total. The van der Waals surface area contributed by atoms with Gasteiger partial charge in [-0.2, -0.15) is 15.0 Å². The number of nitrogens with zero attached hydrogens (tertiary/aromatic N) is 5. The van der Waals surface area contributed by atoms with E-state index >= 15 is 0 Å². The molecule has 3 aromatic rings. The van der Waals surface area contributed by atoms with Crippen molar-refractivity contribution in [2.45, 2.75) is 39.7 Å². The lowest BCUT2D eigenvalue weighted by Crippen LogP contribution is -2.29. The molecule has 1 aromatic carbocycles. The number of nitrogens with two attached hydrogens (primary N) is 1. The van der Waals surface area contributed by atoms with Crippen LogP contribution in [-0.4, -0.2) is 77.5 Å². The van der Waals surface area contributed by atoms with Gasteiger partial charge in [-0.25, -0.2) is 0 Å². The summed E-state index contributed by atoms with van der Waals surface area (Å²) < 4.78 is 23.8. The summed E-state index contributed by atoms with van der Waals surface area (Å²) in [6.45, 7) is 6.84. The van der Waals surface area contributed by atoms with Gasteiger partial charge < -0.3 is 24.7 Å². The average Bonchev–Trinajstić information content (AvgIpc) is 3.21. The fraction of sp³-hybridized carbons (Fsp3) is 0.520. The van der Waals surface area contributed by atoms with Crippen LogP contribution in [0.4, 0.5) is 5.82 Å². The molecule has 0 radical (unpaired) electrons. The SMILES string of the molecule is CCCCOc1nc(N)c2nc(OC)n(Cc3ccc(OCCCN(C)CC(=O)OCC)cc3)c2n1. The number of imidazole rings is 1. The second-order valence-corrected chi connectivity index (χ2v) is 8.34. The number of aromatic nitrogens is 4. The Labute approximate surface area is 211 Å². The number of methoxy groups -OCH3 is 1. The van der Waals surface area contributed by atoms with Crippen LogP contribution in [0.5, 0.6) is 17.8 Å². The van der Waals surface area contributed by atoms with E-state index in [0.717, 1.165) is 37.1 Å². The maximum atomic E-state index is 11.5. The second-order valence-electron chi connectivity index (χ2n) is 8.34. The summed E-state index contributed by atoms with van der Waals surface area (Å²) >= 11 is 0. The molecule has 0 bridgehead atoms. The van der Waals surface area contributed by atoms with Crippen LogP contribution in [0.25, 0.3) is 11.2 Å². The molecular weight excluding hydrogens is 464 g/mol. The van der Waals surface area contributed by atoms with Crippen molar-refractivity contribution < 1.29 is 23.7 Å². The third kappa shape index (κ3) is 7.45. The van der Waals surface area contributed by atoms with E-state index in [9.17, 15) is 4.79 Å². The predicted molar refractivity (Wildman–Crippen MR) is 136 cm³/mol. The Kier molecular flexibility index (Phi) is 10.1. The number of likely N-dealkylation sites (N-methyl/N-ethyl adjacent to an activating group) is 1. The molecule has 0 saturated carbocycles. The Morgan fingerprint density at radius 2 is 1.81 bits per heavy atom. The van der Waals surface area contributed by atoms with Gasteiger partial charge in [0.15, 0.2) is 17.0 Å². The van der Waals surface area contributed by atoms with E-state index in [1.807, 2.05) is 40.8 Å². The first-order valence-electron chi connectivity index (χ1n) is 12.2. The number of hydrogen-bond donors (Lipinski definition) is 1. The lowest BCUT2D eigenvalue weighted by atomic mass is 10.2. The molecule has 11 nitrogen and oxygen atoms in total. The van der Waals surface area contributed by atoms with Crippen LogP contribution >= 0.6 is 0 Å². The van der Waals surface area contributed by atoms with Crippen molar-refractivity contribution in [2.24, 2.45) is 0 Å². The van der Waals surface area contributed by atoms with Gasteiger partial charge in [-0.1, -0.05) is 25.5 Å². The number of fused-ring (bicyclic) bond motifs is 1. The van der Waals surface area contributed by atoms with Crippen molar-refractivity contribution in [1.29, 1.82) is 0 Å². The van der Waals surface area contributed by atoms with Crippen molar-refractivity contribution in [3.8, 4) is 17.8 Å². The van der Waals surface area contributed by atoms with Gasteiger partial charge in [-0.15, -0.1) is 0 Å². The second kappa shape index (κ2) is 13.5. The Hall–Kier alpha value is -3.60. The van der Waals surface area contributed by atoms with E-state index in [4.69, 9.17) is 24.7 Å². The summed E-state index contributed by atoms with van der Waals surface area (Å²) in [7, 11) is 3.44. The molecule has 0 spiro atoms. The van der Waals surface area contributed by atoms with Crippen molar-refractivity contribution in [2.75, 3.05) is 52.8 Å². The van der Waals surface area contributed by atoms with Crippen LogP contribution in [0.1, 0.15) is 38.7 Å². The van der Waals surface area contributed by atoms with Gasteiger partial charge in [-0.05, 0) is 44.5 Å². The third-order valence-electron chi connectivity index (χ3n) is 5.40. The molecule has 11 heteroatoms. The molecule has 0 aliphatic carbocycles. The maximum absolute atomic E-state index is 11.5. The monoisotopic (exact) mass is 500 g/mol. The highest BCUT2D eigenvalue weighted by atomic mass is 16.5. The predicted octanol–water partition coefficient (Wildman–Crippen LogP) is 2.91. The summed E-state index contributed by atoms with van der Waals surface area (Å²) in [4.78, 5) is 26.6. The largest absolute Gasteiger partial charge is 0.494 e. The number of benzene rings is 1. The molecule has 0 unspecified atom stereocenters. The van der Waals surface area contributed by atoms with Crippen LogP contribution in [0.2, 0.25) is 0 Å². The lowest BCUT2D eigenvalue weighted by molar-refractivity contribution is -0.144. The first kappa shape index (κ1) is 27.0. The molecule has 0 atom stereocenters. The van der Waals surface area contributed by atoms with E-state index in [2.05, 4.69) is 21.9 Å². The highest BCUT2D eigenvalue weighted by Gasteiger charge is 2.18. The summed E-state index contributed by atoms with van der Waals surface area (Å²) in [5.74, 6) is 0.806. The zero-order valence-electron chi connectivity index (χ0n) is 21.5. The zero-order chi connectivity index (χ0) is 25.9. The molecule has 0 aliphatic rings. The van der Waals surface area contributed by atoms with Gasteiger partial charge in [0.05, 0.1) is 40.0 Å². The fourth-order valence-corrected chi connectivity index (χ4v) is 3.56. The van der Waals surface area contributed by atoms with E-state index in [1.54, 1.807) is 14.0 Å². The smallest absolute Gasteiger partial charge is 0.320 e. The van der Waals surface area contributed by atoms with E-state index < -0.39 is 0 Å². The third-order valence-corrected chi connectivity index (χ3v) is 5.40.